The van der Waals surface area contributed by atoms with Gasteiger partial charge in [0.1, 0.15) is 6.04 Å². The number of amides is 5. The van der Waals surface area contributed by atoms with Gasteiger partial charge in [0.2, 0.25) is 18.2 Å². The molecule has 1 saturated carbocycles. The Morgan fingerprint density at radius 2 is 1.94 bits per heavy atom. The molecule has 52 heavy (non-hydrogen) atoms. The van der Waals surface area contributed by atoms with E-state index in [1.165, 1.54) is 0 Å². The molecule has 4 fully saturated rings. The quantitative estimate of drug-likeness (QED) is 0.211. The first-order valence-corrected chi connectivity index (χ1v) is 17.8. The molecule has 3 saturated heterocycles. The van der Waals surface area contributed by atoms with Crippen LogP contribution in [0.15, 0.2) is 30.6 Å². The fourth-order valence-electron chi connectivity index (χ4n) is 8.73. The van der Waals surface area contributed by atoms with Crippen LogP contribution in [0.4, 0.5) is 20.2 Å². The lowest BCUT2D eigenvalue weighted by Crippen LogP contribution is -2.53. The molecule has 0 radical (unpaired) electrons. The standard InChI is InChI=1S/C36H41F2N9O5/c1-20-9-24(3-4-25(20)34(52)47(19-48)28-5-6-30(49)41-32(28)50)45-8-7-21(16-45)13-44-14-22(15-44)17-46-18-23(12-39-46)40-33(51)31-26-10-29-35(2,36(29,37)38)11-27(26)42-43-31/h3-4,9,12,18-19,21-22,28-29H,5-8,10-11,13-17H2,1-2H3,(H,40,51)(H,42,43)(H,41,49,50)/t21-,28?,29+,35-/m1/s1. The first kappa shape index (κ1) is 34.1. The van der Waals surface area contributed by atoms with Crippen LogP contribution in [0.25, 0.3) is 0 Å². The number of fused-ring (bicyclic) bond motifs is 2. The van der Waals surface area contributed by atoms with E-state index in [1.807, 2.05) is 23.7 Å². The number of aromatic nitrogens is 4. The molecule has 14 nitrogen and oxygen atoms in total. The van der Waals surface area contributed by atoms with E-state index < -0.39 is 46.9 Å². The summed E-state index contributed by atoms with van der Waals surface area (Å²) in [6.07, 6.45) is 5.28. The van der Waals surface area contributed by atoms with Crippen molar-refractivity contribution >= 4 is 41.4 Å². The maximum atomic E-state index is 14.3. The van der Waals surface area contributed by atoms with Crippen molar-refractivity contribution in [2.24, 2.45) is 23.2 Å². The van der Waals surface area contributed by atoms with Crippen molar-refractivity contribution in [2.75, 3.05) is 42.9 Å². The largest absolute Gasteiger partial charge is 0.371 e. The number of nitrogens with zero attached hydrogens (tertiary/aromatic N) is 6. The lowest BCUT2D eigenvalue weighted by atomic mass is 9.87. The molecular formula is C36H41F2N9O5. The topological polar surface area (TPSA) is 166 Å². The Bertz CT molecular complexity index is 1970. The molecule has 1 unspecified atom stereocenters. The molecule has 2 aromatic heterocycles. The van der Waals surface area contributed by atoms with Gasteiger partial charge in [0.05, 0.1) is 11.9 Å². The highest BCUT2D eigenvalue weighted by Crippen LogP contribution is 2.70. The maximum absolute atomic E-state index is 14.3. The SMILES string of the molecule is Cc1cc(N2CC[C@H](CN3CC(Cn4cc(NC(=O)c5n[nH]c6c5C[C@@H]5C(F)(F)[C@]5(C)C6)cn4)C3)C2)ccc1C(=O)N(C=O)C1CCC(=O)NC1=O. The molecule has 3 aromatic rings. The van der Waals surface area contributed by atoms with E-state index in [-0.39, 0.29) is 31.4 Å². The normalized spacial score (nSPS) is 26.6. The highest BCUT2D eigenvalue weighted by atomic mass is 19.3. The van der Waals surface area contributed by atoms with Gasteiger partial charge in [-0.25, -0.2) is 8.78 Å². The van der Waals surface area contributed by atoms with E-state index in [4.69, 9.17) is 0 Å². The van der Waals surface area contributed by atoms with Crippen LogP contribution in [0.1, 0.15) is 63.9 Å². The number of halogens is 2. The molecule has 8 rings (SSSR count). The number of anilines is 2. The van der Waals surface area contributed by atoms with Gasteiger partial charge in [-0.1, -0.05) is 6.92 Å². The molecule has 1 aromatic carbocycles. The number of carbonyl (C=O) groups excluding carboxylic acids is 5. The number of nitrogens with one attached hydrogen (secondary N) is 3. The summed E-state index contributed by atoms with van der Waals surface area (Å²) in [6.45, 7) is 8.76. The third-order valence-corrected chi connectivity index (χ3v) is 11.9. The number of alkyl halides is 2. The van der Waals surface area contributed by atoms with Gasteiger partial charge in [-0.2, -0.15) is 10.2 Å². The molecule has 5 amide bonds. The average Bonchev–Trinajstić information content (AvgIpc) is 3.69. The van der Waals surface area contributed by atoms with Crippen molar-refractivity contribution in [3.63, 3.8) is 0 Å². The molecule has 0 spiro atoms. The number of rotatable bonds is 10. The number of aromatic amines is 1. The fourth-order valence-corrected chi connectivity index (χ4v) is 8.73. The highest BCUT2D eigenvalue weighted by Gasteiger charge is 2.78. The summed E-state index contributed by atoms with van der Waals surface area (Å²) in [4.78, 5) is 67.5. The van der Waals surface area contributed by atoms with Crippen molar-refractivity contribution in [1.29, 1.82) is 0 Å². The van der Waals surface area contributed by atoms with Crippen molar-refractivity contribution in [3.8, 4) is 0 Å². The summed E-state index contributed by atoms with van der Waals surface area (Å²) in [5.74, 6) is -4.62. The van der Waals surface area contributed by atoms with Crippen molar-refractivity contribution < 1.29 is 32.8 Å². The van der Waals surface area contributed by atoms with Gasteiger partial charge in [-0.15, -0.1) is 0 Å². The summed E-state index contributed by atoms with van der Waals surface area (Å²) < 4.78 is 30.4. The minimum atomic E-state index is -2.72. The molecule has 2 aliphatic carbocycles. The number of aryl methyl sites for hydroxylation is 1. The summed E-state index contributed by atoms with van der Waals surface area (Å²) in [5, 5.41) is 16.4. The minimum absolute atomic E-state index is 0.0681. The van der Waals surface area contributed by atoms with E-state index in [0.717, 1.165) is 49.7 Å². The molecule has 5 aliphatic rings. The molecule has 16 heteroatoms. The van der Waals surface area contributed by atoms with Crippen LogP contribution >= 0.6 is 0 Å². The molecule has 3 N–H and O–H groups in total. The van der Waals surface area contributed by atoms with Gasteiger partial charge in [0.25, 0.3) is 17.7 Å². The number of H-pyrrole nitrogens is 1. The molecule has 0 bridgehead atoms. The van der Waals surface area contributed by atoms with Gasteiger partial charge in [0, 0.05) is 98.1 Å². The average molecular weight is 718 g/mol. The Morgan fingerprint density at radius 3 is 2.69 bits per heavy atom. The first-order chi connectivity index (χ1) is 24.8. The number of hydrogen-bond donors (Lipinski definition) is 3. The third-order valence-electron chi connectivity index (χ3n) is 11.9. The van der Waals surface area contributed by atoms with Crippen LogP contribution in [0.5, 0.6) is 0 Å². The summed E-state index contributed by atoms with van der Waals surface area (Å²) in [6, 6.07) is 4.51. The number of benzene rings is 1. The molecular weight excluding hydrogens is 676 g/mol. The van der Waals surface area contributed by atoms with Gasteiger partial charge in [-0.05, 0) is 55.9 Å². The maximum Gasteiger partial charge on any atom is 0.276 e. The van der Waals surface area contributed by atoms with Gasteiger partial charge in [0.15, 0.2) is 5.69 Å². The van der Waals surface area contributed by atoms with E-state index in [0.29, 0.717) is 52.9 Å². The second-order valence-electron chi connectivity index (χ2n) is 15.4. The van der Waals surface area contributed by atoms with Crippen molar-refractivity contribution in [1.82, 2.24) is 35.1 Å². The number of likely N-dealkylation sites (tertiary alicyclic amines) is 1. The van der Waals surface area contributed by atoms with Crippen LogP contribution in [-0.2, 0) is 33.8 Å². The Labute approximate surface area is 298 Å². The predicted octanol–water partition coefficient (Wildman–Crippen LogP) is 2.40. The Kier molecular flexibility index (Phi) is 8.27. The monoisotopic (exact) mass is 717 g/mol. The number of carbonyl (C=O) groups is 5. The molecule has 3 aliphatic heterocycles. The lowest BCUT2D eigenvalue weighted by Gasteiger charge is -2.40. The lowest BCUT2D eigenvalue weighted by molar-refractivity contribution is -0.139. The summed E-state index contributed by atoms with van der Waals surface area (Å²) >= 11 is 0. The molecule has 274 valence electrons. The fraction of sp³-hybridized carbons (Fsp3) is 0.528. The highest BCUT2D eigenvalue weighted by molar-refractivity contribution is 6.07. The van der Waals surface area contributed by atoms with E-state index in [9.17, 15) is 32.8 Å². The zero-order chi connectivity index (χ0) is 36.5. The number of hydrogen-bond acceptors (Lipinski definition) is 9. The Hall–Kier alpha value is -4.99. The zero-order valence-corrected chi connectivity index (χ0v) is 29.0. The number of imide groups is 2. The minimum Gasteiger partial charge on any atom is -0.371 e. The van der Waals surface area contributed by atoms with E-state index in [1.54, 1.807) is 25.4 Å². The smallest absolute Gasteiger partial charge is 0.276 e. The van der Waals surface area contributed by atoms with Crippen LogP contribution < -0.4 is 15.5 Å². The van der Waals surface area contributed by atoms with Crippen molar-refractivity contribution in [3.05, 3.63) is 58.7 Å². The Morgan fingerprint density at radius 1 is 1.13 bits per heavy atom. The van der Waals surface area contributed by atoms with Gasteiger partial charge in [-0.3, -0.25) is 44.0 Å². The van der Waals surface area contributed by atoms with Gasteiger partial charge < -0.3 is 15.1 Å². The summed E-state index contributed by atoms with van der Waals surface area (Å²) in [5.41, 5.74) is 2.89. The zero-order valence-electron chi connectivity index (χ0n) is 29.0. The molecule has 4 atom stereocenters. The second kappa shape index (κ2) is 12.6. The Balaban J connectivity index is 0.790. The van der Waals surface area contributed by atoms with Crippen LogP contribution in [0.2, 0.25) is 0 Å². The second-order valence-corrected chi connectivity index (χ2v) is 15.4. The third kappa shape index (κ3) is 5.86. The van der Waals surface area contributed by atoms with Crippen LogP contribution in [0.3, 0.4) is 0 Å². The first-order valence-electron chi connectivity index (χ1n) is 17.8. The van der Waals surface area contributed by atoms with E-state index >= 15 is 0 Å². The summed E-state index contributed by atoms with van der Waals surface area (Å²) in [7, 11) is 0. The predicted molar refractivity (Wildman–Crippen MR) is 183 cm³/mol. The van der Waals surface area contributed by atoms with Crippen molar-refractivity contribution in [2.45, 2.75) is 64.5 Å². The van der Waals surface area contributed by atoms with Gasteiger partial charge >= 0.3 is 0 Å². The van der Waals surface area contributed by atoms with Crippen LogP contribution in [0, 0.1) is 30.1 Å². The number of piperidine rings is 1. The van der Waals surface area contributed by atoms with E-state index in [2.05, 4.69) is 35.7 Å². The van der Waals surface area contributed by atoms with Crippen LogP contribution in [-0.4, -0.2) is 105 Å². The molecule has 5 heterocycles.